The van der Waals surface area contributed by atoms with Crippen molar-refractivity contribution in [1.29, 1.82) is 0 Å². The minimum absolute atomic E-state index is 0.188. The molecule has 4 saturated heterocycles. The Morgan fingerprint density at radius 2 is 1.91 bits per heavy atom. The van der Waals surface area contributed by atoms with Gasteiger partial charge in [-0.15, -0.1) is 11.3 Å². The van der Waals surface area contributed by atoms with Gasteiger partial charge in [-0.1, -0.05) is 18.2 Å². The van der Waals surface area contributed by atoms with Gasteiger partial charge in [0.1, 0.15) is 28.7 Å². The van der Waals surface area contributed by atoms with Crippen molar-refractivity contribution in [2.45, 2.75) is 30.7 Å². The maximum atomic E-state index is 14.7. The van der Waals surface area contributed by atoms with Gasteiger partial charge in [0.05, 0.1) is 18.9 Å². The van der Waals surface area contributed by atoms with Crippen LogP contribution in [0.15, 0.2) is 42.5 Å². The average molecular weight is 496 g/mol. The lowest BCUT2D eigenvalue weighted by Gasteiger charge is -2.59. The van der Waals surface area contributed by atoms with E-state index in [0.29, 0.717) is 23.0 Å². The fourth-order valence-corrected chi connectivity index (χ4v) is 8.25. The molecule has 35 heavy (non-hydrogen) atoms. The number of methoxy groups -OCH3 is 2. The van der Waals surface area contributed by atoms with Gasteiger partial charge in [0.15, 0.2) is 0 Å². The van der Waals surface area contributed by atoms with Crippen LogP contribution in [-0.4, -0.2) is 44.5 Å². The molecule has 0 amide bonds. The third kappa shape index (κ3) is 3.27. The van der Waals surface area contributed by atoms with Crippen LogP contribution in [0.4, 0.5) is 4.39 Å². The van der Waals surface area contributed by atoms with Gasteiger partial charge in [-0.05, 0) is 47.9 Å². The Bertz CT molecular complexity index is 1270. The molecule has 0 radical (unpaired) electrons. The molecule has 2 N–H and O–H groups in total. The first-order valence-corrected chi connectivity index (χ1v) is 13.2. The highest BCUT2D eigenvalue weighted by molar-refractivity contribution is 7.19. The summed E-state index contributed by atoms with van der Waals surface area (Å²) in [6, 6.07) is 13.3. The van der Waals surface area contributed by atoms with Crippen LogP contribution in [0.25, 0.3) is 10.1 Å². The van der Waals surface area contributed by atoms with Gasteiger partial charge in [-0.25, -0.2) is 4.39 Å². The molecular formula is C27H30FN3O3S. The molecule has 2 aromatic carbocycles. The lowest BCUT2D eigenvalue weighted by Crippen LogP contribution is -2.71. The van der Waals surface area contributed by atoms with Crippen LogP contribution in [0.2, 0.25) is 0 Å². The summed E-state index contributed by atoms with van der Waals surface area (Å²) in [6.45, 7) is 3.34. The van der Waals surface area contributed by atoms with E-state index in [0.717, 1.165) is 46.3 Å². The summed E-state index contributed by atoms with van der Waals surface area (Å²) in [4.78, 5) is 10.3. The van der Waals surface area contributed by atoms with Crippen LogP contribution in [0, 0.1) is 23.6 Å². The largest absolute Gasteiger partial charge is 0.497 e. The maximum absolute atomic E-state index is 14.7. The van der Waals surface area contributed by atoms with Crippen molar-refractivity contribution in [2.24, 2.45) is 17.8 Å². The molecule has 5 heterocycles. The zero-order chi connectivity index (χ0) is 23.8. The lowest BCUT2D eigenvalue weighted by atomic mass is 9.62. The molecule has 3 atom stereocenters. The van der Waals surface area contributed by atoms with Crippen molar-refractivity contribution < 1.29 is 18.7 Å². The number of nitrogens with zero attached hydrogens (tertiary/aromatic N) is 1. The molecule has 5 fully saturated rings. The number of rotatable bonds is 5. The number of piperidine rings is 3. The minimum Gasteiger partial charge on any atom is -0.497 e. The third-order valence-corrected chi connectivity index (χ3v) is 9.91. The number of thiophene rings is 1. The van der Waals surface area contributed by atoms with Crippen molar-refractivity contribution >= 4 is 21.4 Å². The fraction of sp³-hybridized carbons (Fsp3) is 0.481. The van der Waals surface area contributed by atoms with E-state index >= 15 is 0 Å². The first kappa shape index (κ1) is 22.0. The number of nitrogens with one attached hydrogen (secondary N) is 2. The van der Waals surface area contributed by atoms with Crippen molar-refractivity contribution in [1.82, 2.24) is 15.7 Å². The van der Waals surface area contributed by atoms with Crippen LogP contribution >= 0.6 is 11.3 Å². The second-order valence-electron chi connectivity index (χ2n) is 10.6. The predicted octanol–water partition coefficient (Wildman–Crippen LogP) is 4.25. The van der Waals surface area contributed by atoms with E-state index in [4.69, 9.17) is 14.3 Å². The standard InChI is InChI=1S/C27H30FN3O3S/c1-32-21-7-6-18(23(11-21)33-2)12-26(24-10-17-4-3-5-22(28)25(17)35-24)29-27(34-30-26)19-8-16-9-20(27)15-31(13-16)14-19/h3-7,10-11,16,19-20,29-30H,8-9,12-15H2,1-2H3. The SMILES string of the molecule is COc1ccc(CC2(c3cc4cccc(F)c4s3)NOC3(N2)C2CC4CC3CN(C4)C2)c(OC)c1. The number of benzene rings is 2. The molecule has 1 spiro atoms. The van der Waals surface area contributed by atoms with E-state index in [1.165, 1.54) is 36.8 Å². The Morgan fingerprint density at radius 1 is 1.09 bits per heavy atom. The molecule has 4 aliphatic heterocycles. The Morgan fingerprint density at radius 3 is 2.63 bits per heavy atom. The van der Waals surface area contributed by atoms with Gasteiger partial charge in [0, 0.05) is 48.8 Å². The molecule has 4 bridgehead atoms. The normalized spacial score (nSPS) is 35.3. The van der Waals surface area contributed by atoms with E-state index in [1.807, 2.05) is 24.3 Å². The number of hydrogen-bond acceptors (Lipinski definition) is 7. The van der Waals surface area contributed by atoms with E-state index in [2.05, 4.69) is 21.8 Å². The number of ether oxygens (including phenoxy) is 2. The summed E-state index contributed by atoms with van der Waals surface area (Å²) < 4.78 is 26.6. The van der Waals surface area contributed by atoms with E-state index < -0.39 is 11.4 Å². The minimum atomic E-state index is -0.706. The van der Waals surface area contributed by atoms with Crippen LogP contribution in [0.1, 0.15) is 23.3 Å². The van der Waals surface area contributed by atoms with Gasteiger partial charge < -0.3 is 14.4 Å². The van der Waals surface area contributed by atoms with E-state index in [1.54, 1.807) is 20.3 Å². The fourth-order valence-electron chi connectivity index (χ4n) is 7.09. The molecule has 5 aliphatic rings. The van der Waals surface area contributed by atoms with Gasteiger partial charge in [-0.3, -0.25) is 10.2 Å². The van der Waals surface area contributed by atoms with Gasteiger partial charge >= 0.3 is 0 Å². The van der Waals surface area contributed by atoms with Crippen LogP contribution in [0.5, 0.6) is 11.5 Å². The van der Waals surface area contributed by atoms with Gasteiger partial charge in [-0.2, -0.15) is 5.48 Å². The van der Waals surface area contributed by atoms with Gasteiger partial charge in [0.25, 0.3) is 0 Å². The Kier molecular flexibility index (Phi) is 4.96. The molecule has 184 valence electrons. The lowest BCUT2D eigenvalue weighted by molar-refractivity contribution is -0.218. The highest BCUT2D eigenvalue weighted by Crippen LogP contribution is 2.54. The summed E-state index contributed by atoms with van der Waals surface area (Å²) >= 11 is 1.49. The second kappa shape index (κ2) is 7.88. The van der Waals surface area contributed by atoms with E-state index in [-0.39, 0.29) is 5.82 Å². The van der Waals surface area contributed by atoms with Gasteiger partial charge in [0.2, 0.25) is 0 Å². The number of hydroxylamine groups is 1. The Labute approximate surface area is 208 Å². The highest BCUT2D eigenvalue weighted by Gasteiger charge is 2.64. The topological polar surface area (TPSA) is 55.0 Å². The number of halogens is 1. The van der Waals surface area contributed by atoms with E-state index in [9.17, 15) is 4.39 Å². The first-order chi connectivity index (χ1) is 17.0. The smallest absolute Gasteiger partial charge is 0.150 e. The van der Waals surface area contributed by atoms with Crippen molar-refractivity contribution in [3.63, 3.8) is 0 Å². The Hall–Kier alpha value is -2.23. The average Bonchev–Trinajstić information content (AvgIpc) is 3.47. The molecule has 8 rings (SSSR count). The van der Waals surface area contributed by atoms with Crippen LogP contribution < -0.4 is 20.3 Å². The number of fused-ring (bicyclic) bond motifs is 1. The van der Waals surface area contributed by atoms with Crippen LogP contribution in [-0.2, 0) is 16.9 Å². The second-order valence-corrected chi connectivity index (χ2v) is 11.7. The molecule has 1 saturated carbocycles. The molecule has 3 aromatic rings. The van der Waals surface area contributed by atoms with Crippen molar-refractivity contribution in [3.8, 4) is 11.5 Å². The quantitative estimate of drug-likeness (QED) is 0.552. The van der Waals surface area contributed by atoms with Crippen molar-refractivity contribution in [2.75, 3.05) is 33.9 Å². The molecule has 1 aliphatic carbocycles. The Balaban J connectivity index is 1.33. The number of hydrogen-bond donors (Lipinski definition) is 2. The molecular weight excluding hydrogens is 465 g/mol. The highest BCUT2D eigenvalue weighted by atomic mass is 32.1. The van der Waals surface area contributed by atoms with Crippen LogP contribution in [0.3, 0.4) is 0 Å². The zero-order valence-electron chi connectivity index (χ0n) is 20.0. The zero-order valence-corrected chi connectivity index (χ0v) is 20.8. The molecule has 1 aromatic heterocycles. The first-order valence-electron chi connectivity index (χ1n) is 12.4. The maximum Gasteiger partial charge on any atom is 0.150 e. The summed E-state index contributed by atoms with van der Waals surface area (Å²) in [5.74, 6) is 2.93. The third-order valence-electron chi connectivity index (χ3n) is 8.59. The molecule has 8 heteroatoms. The summed E-state index contributed by atoms with van der Waals surface area (Å²) in [7, 11) is 3.33. The molecule has 6 nitrogen and oxygen atoms in total. The summed E-state index contributed by atoms with van der Waals surface area (Å²) in [6.07, 6.45) is 2.96. The molecule has 3 unspecified atom stereocenters. The summed E-state index contributed by atoms with van der Waals surface area (Å²) in [5.41, 5.74) is 3.38. The monoisotopic (exact) mass is 495 g/mol. The predicted molar refractivity (Wildman–Crippen MR) is 133 cm³/mol. The summed E-state index contributed by atoms with van der Waals surface area (Å²) in [5, 5.41) is 4.94. The van der Waals surface area contributed by atoms with Crippen molar-refractivity contribution in [3.05, 3.63) is 58.7 Å².